The fourth-order valence-electron chi connectivity index (χ4n) is 1.69. The minimum atomic E-state index is -0.298. The van der Waals surface area contributed by atoms with Gasteiger partial charge in [0.2, 0.25) is 0 Å². The maximum absolute atomic E-state index is 12.3. The van der Waals surface area contributed by atoms with E-state index in [1.807, 2.05) is 26.0 Å². The summed E-state index contributed by atoms with van der Waals surface area (Å²) in [6.07, 6.45) is 1.48. The molecular weight excluding hydrogens is 407 g/mol. The van der Waals surface area contributed by atoms with Crippen molar-refractivity contribution >= 4 is 55.1 Å². The van der Waals surface area contributed by atoms with Gasteiger partial charge in [-0.05, 0) is 69.5 Å². The molecule has 2 rings (SSSR count). The van der Waals surface area contributed by atoms with Crippen molar-refractivity contribution < 1.29 is 4.79 Å². The lowest BCUT2D eigenvalue weighted by Crippen LogP contribution is -2.14. The molecule has 104 valence electrons. The second-order valence-corrected chi connectivity index (χ2v) is 6.48. The topological polar surface area (TPSA) is 42.0 Å². The molecule has 1 aromatic carbocycles. The minimum absolute atomic E-state index is 0.298. The second kappa shape index (κ2) is 6.24. The van der Waals surface area contributed by atoms with E-state index >= 15 is 0 Å². The molecule has 0 radical (unpaired) electrons. The zero-order valence-electron chi connectivity index (χ0n) is 10.8. The van der Waals surface area contributed by atoms with Crippen LogP contribution in [0.4, 0.5) is 5.69 Å². The Labute approximate surface area is 139 Å². The van der Waals surface area contributed by atoms with Crippen molar-refractivity contribution in [2.45, 2.75) is 13.8 Å². The summed E-state index contributed by atoms with van der Waals surface area (Å²) in [7, 11) is 0. The lowest BCUT2D eigenvalue weighted by Gasteiger charge is -2.11. The van der Waals surface area contributed by atoms with Crippen LogP contribution in [0.25, 0.3) is 0 Å². The van der Waals surface area contributed by atoms with E-state index in [-0.39, 0.29) is 5.91 Å². The molecule has 6 heteroatoms. The first kappa shape index (κ1) is 15.5. The number of halogens is 3. The van der Waals surface area contributed by atoms with Crippen molar-refractivity contribution in [3.8, 4) is 0 Å². The van der Waals surface area contributed by atoms with Crippen LogP contribution in [-0.4, -0.2) is 10.9 Å². The number of nitrogens with zero attached hydrogens (tertiary/aromatic N) is 1. The number of hydrogen-bond donors (Lipinski definition) is 1. The van der Waals surface area contributed by atoms with Crippen LogP contribution in [0.15, 0.2) is 33.3 Å². The van der Waals surface area contributed by atoms with E-state index in [0.717, 1.165) is 20.2 Å². The monoisotopic (exact) mass is 416 g/mol. The summed E-state index contributed by atoms with van der Waals surface area (Å²) < 4.78 is 1.60. The lowest BCUT2D eigenvalue weighted by molar-refractivity contribution is 0.102. The zero-order chi connectivity index (χ0) is 14.9. The first-order valence-electron chi connectivity index (χ1n) is 5.77. The number of hydrogen-bond acceptors (Lipinski definition) is 2. The number of benzene rings is 1. The van der Waals surface area contributed by atoms with Crippen LogP contribution in [0.3, 0.4) is 0 Å². The van der Waals surface area contributed by atoms with Gasteiger partial charge in [0.05, 0.1) is 16.3 Å². The van der Waals surface area contributed by atoms with Crippen LogP contribution in [0.5, 0.6) is 0 Å². The highest BCUT2D eigenvalue weighted by Crippen LogP contribution is 2.33. The standard InChI is InChI=1S/C14H11Br2ClN2O/c1-7-3-10(15)13(11(16)4-7)19-14(20)9-6-18-8(2)5-12(9)17/h3-6H,1-2H3,(H,19,20). The van der Waals surface area contributed by atoms with Crippen LogP contribution >= 0.6 is 43.5 Å². The molecule has 0 saturated heterocycles. The normalized spacial score (nSPS) is 10.4. The Bertz CT molecular complexity index is 666. The average molecular weight is 419 g/mol. The third-order valence-electron chi connectivity index (χ3n) is 2.66. The van der Waals surface area contributed by atoms with Crippen molar-refractivity contribution in [1.29, 1.82) is 0 Å². The predicted octanol–water partition coefficient (Wildman–Crippen LogP) is 5.13. The van der Waals surface area contributed by atoms with E-state index in [1.54, 1.807) is 6.07 Å². The van der Waals surface area contributed by atoms with Gasteiger partial charge in [-0.1, -0.05) is 11.6 Å². The third-order valence-corrected chi connectivity index (χ3v) is 4.22. The zero-order valence-corrected chi connectivity index (χ0v) is 14.7. The average Bonchev–Trinajstić information content (AvgIpc) is 2.33. The SMILES string of the molecule is Cc1cc(Br)c(NC(=O)c2cnc(C)cc2Cl)c(Br)c1. The molecule has 1 aromatic heterocycles. The summed E-state index contributed by atoms with van der Waals surface area (Å²) in [4.78, 5) is 16.4. The Kier molecular flexibility index (Phi) is 4.83. The summed E-state index contributed by atoms with van der Waals surface area (Å²) in [6.45, 7) is 3.79. The number of aromatic nitrogens is 1. The van der Waals surface area contributed by atoms with Gasteiger partial charge in [0.25, 0.3) is 5.91 Å². The highest BCUT2D eigenvalue weighted by molar-refractivity contribution is 9.11. The molecule has 0 aliphatic rings. The maximum atomic E-state index is 12.3. The van der Waals surface area contributed by atoms with Gasteiger partial charge in [0, 0.05) is 20.8 Å². The van der Waals surface area contributed by atoms with Crippen molar-refractivity contribution in [2.24, 2.45) is 0 Å². The number of aryl methyl sites for hydroxylation is 2. The molecule has 3 nitrogen and oxygen atoms in total. The fourth-order valence-corrected chi connectivity index (χ4v) is 3.60. The summed E-state index contributed by atoms with van der Waals surface area (Å²) in [6, 6.07) is 5.51. The van der Waals surface area contributed by atoms with E-state index < -0.39 is 0 Å². The molecule has 20 heavy (non-hydrogen) atoms. The Morgan fingerprint density at radius 1 is 1.20 bits per heavy atom. The largest absolute Gasteiger partial charge is 0.320 e. The van der Waals surface area contributed by atoms with E-state index in [9.17, 15) is 4.79 Å². The lowest BCUT2D eigenvalue weighted by atomic mass is 10.2. The molecular formula is C14H11Br2ClN2O. The Morgan fingerprint density at radius 3 is 2.35 bits per heavy atom. The maximum Gasteiger partial charge on any atom is 0.258 e. The van der Waals surface area contributed by atoms with E-state index in [0.29, 0.717) is 16.3 Å². The molecule has 1 N–H and O–H groups in total. The smallest absolute Gasteiger partial charge is 0.258 e. The van der Waals surface area contributed by atoms with Gasteiger partial charge in [0.15, 0.2) is 0 Å². The first-order chi connectivity index (χ1) is 9.38. The summed E-state index contributed by atoms with van der Waals surface area (Å²) >= 11 is 12.9. The molecule has 0 aliphatic heterocycles. The van der Waals surface area contributed by atoms with E-state index in [4.69, 9.17) is 11.6 Å². The number of amides is 1. The van der Waals surface area contributed by atoms with Crippen LogP contribution < -0.4 is 5.32 Å². The fraction of sp³-hybridized carbons (Fsp3) is 0.143. The van der Waals surface area contributed by atoms with Crippen LogP contribution in [0.2, 0.25) is 5.02 Å². The molecule has 1 heterocycles. The molecule has 0 spiro atoms. The van der Waals surface area contributed by atoms with Gasteiger partial charge in [0.1, 0.15) is 0 Å². The molecule has 0 bridgehead atoms. The highest BCUT2D eigenvalue weighted by atomic mass is 79.9. The van der Waals surface area contributed by atoms with Gasteiger partial charge >= 0.3 is 0 Å². The third kappa shape index (κ3) is 3.40. The number of anilines is 1. The minimum Gasteiger partial charge on any atom is -0.320 e. The highest BCUT2D eigenvalue weighted by Gasteiger charge is 2.15. The number of pyridine rings is 1. The Morgan fingerprint density at radius 2 is 1.80 bits per heavy atom. The quantitative estimate of drug-likeness (QED) is 0.735. The number of carbonyl (C=O) groups is 1. The summed E-state index contributed by atoms with van der Waals surface area (Å²) in [5, 5.41) is 3.21. The summed E-state index contributed by atoms with van der Waals surface area (Å²) in [5.74, 6) is -0.298. The van der Waals surface area contributed by atoms with Crippen LogP contribution in [0.1, 0.15) is 21.6 Å². The van der Waals surface area contributed by atoms with Crippen molar-refractivity contribution in [3.63, 3.8) is 0 Å². The van der Waals surface area contributed by atoms with Gasteiger partial charge in [-0.2, -0.15) is 0 Å². The number of rotatable bonds is 2. The molecule has 0 unspecified atom stereocenters. The molecule has 1 amide bonds. The van der Waals surface area contributed by atoms with E-state index in [2.05, 4.69) is 42.2 Å². The van der Waals surface area contributed by atoms with Crippen molar-refractivity contribution in [2.75, 3.05) is 5.32 Å². The van der Waals surface area contributed by atoms with Crippen LogP contribution in [-0.2, 0) is 0 Å². The number of carbonyl (C=O) groups excluding carboxylic acids is 1. The predicted molar refractivity (Wildman–Crippen MR) is 88.5 cm³/mol. The molecule has 0 aliphatic carbocycles. The molecule has 0 saturated carbocycles. The number of nitrogens with one attached hydrogen (secondary N) is 1. The van der Waals surface area contributed by atoms with Gasteiger partial charge in [-0.25, -0.2) is 0 Å². The van der Waals surface area contributed by atoms with E-state index in [1.165, 1.54) is 6.20 Å². The van der Waals surface area contributed by atoms with Gasteiger partial charge in [-0.15, -0.1) is 0 Å². The Balaban J connectivity index is 2.33. The van der Waals surface area contributed by atoms with Gasteiger partial charge < -0.3 is 5.32 Å². The molecule has 0 atom stereocenters. The van der Waals surface area contributed by atoms with Crippen LogP contribution in [0, 0.1) is 13.8 Å². The molecule has 2 aromatic rings. The first-order valence-corrected chi connectivity index (χ1v) is 7.74. The van der Waals surface area contributed by atoms with Gasteiger partial charge in [-0.3, -0.25) is 9.78 Å². The molecule has 0 fully saturated rings. The Hall–Kier alpha value is -0.910. The summed E-state index contributed by atoms with van der Waals surface area (Å²) in [5.41, 5.74) is 2.86. The van der Waals surface area contributed by atoms with Crippen molar-refractivity contribution in [3.05, 3.63) is 55.2 Å². The second-order valence-electron chi connectivity index (χ2n) is 4.36. The van der Waals surface area contributed by atoms with Crippen molar-refractivity contribution in [1.82, 2.24) is 4.98 Å².